The Morgan fingerprint density at radius 2 is 1.50 bits per heavy atom. The molecule has 1 nitrogen and oxygen atoms in total. The first kappa shape index (κ1) is 14.5. The van der Waals surface area contributed by atoms with Crippen LogP contribution < -0.4 is 5.32 Å². The van der Waals surface area contributed by atoms with Gasteiger partial charge in [-0.2, -0.15) is 0 Å². The summed E-state index contributed by atoms with van der Waals surface area (Å²) in [6.45, 7) is 1.46. The molecule has 1 atom stereocenters. The van der Waals surface area contributed by atoms with E-state index in [1.807, 2.05) is 0 Å². The van der Waals surface area contributed by atoms with Crippen molar-refractivity contribution in [1.82, 2.24) is 5.32 Å². The molecule has 0 heterocycles. The van der Waals surface area contributed by atoms with Crippen LogP contribution in [0.15, 0.2) is 30.3 Å². The van der Waals surface area contributed by atoms with E-state index in [2.05, 4.69) is 5.32 Å². The molecule has 0 aromatic heterocycles. The van der Waals surface area contributed by atoms with Gasteiger partial charge in [0.05, 0.1) is 6.04 Å². The van der Waals surface area contributed by atoms with Gasteiger partial charge in [-0.1, -0.05) is 6.07 Å². The third-order valence-electron chi connectivity index (χ3n) is 3.17. The molecule has 0 bridgehead atoms. The molecule has 0 saturated heterocycles. The maximum absolute atomic E-state index is 13.9. The molecule has 0 aliphatic carbocycles. The minimum Gasteiger partial charge on any atom is -0.309 e. The van der Waals surface area contributed by atoms with Crippen molar-refractivity contribution in [2.75, 3.05) is 7.05 Å². The molecule has 0 saturated carbocycles. The van der Waals surface area contributed by atoms with E-state index in [0.29, 0.717) is 6.07 Å². The number of halogens is 4. The molecule has 106 valence electrons. The SMILES string of the molecule is CNC(c1cc(C)c(F)cc1F)c1c(F)cccc1F. The van der Waals surface area contributed by atoms with Crippen LogP contribution in [0.25, 0.3) is 0 Å². The Morgan fingerprint density at radius 3 is 2.05 bits per heavy atom. The van der Waals surface area contributed by atoms with Crippen molar-refractivity contribution in [3.63, 3.8) is 0 Å². The average molecular weight is 283 g/mol. The third-order valence-corrected chi connectivity index (χ3v) is 3.17. The Balaban J connectivity index is 2.62. The summed E-state index contributed by atoms with van der Waals surface area (Å²) in [5.74, 6) is -3.12. The molecular formula is C15H13F4N. The van der Waals surface area contributed by atoms with Crippen LogP contribution in [0, 0.1) is 30.2 Å². The summed E-state index contributed by atoms with van der Waals surface area (Å²) < 4.78 is 54.8. The summed E-state index contributed by atoms with van der Waals surface area (Å²) in [5.41, 5.74) is -0.0892. The highest BCUT2D eigenvalue weighted by molar-refractivity contribution is 5.37. The number of hydrogen-bond acceptors (Lipinski definition) is 1. The molecule has 0 spiro atoms. The minimum atomic E-state index is -1.03. The molecule has 1 N–H and O–H groups in total. The van der Waals surface area contributed by atoms with Crippen LogP contribution in [0.2, 0.25) is 0 Å². The van der Waals surface area contributed by atoms with Crippen LogP contribution in [0.4, 0.5) is 17.6 Å². The van der Waals surface area contributed by atoms with Gasteiger partial charge in [-0.15, -0.1) is 0 Å². The van der Waals surface area contributed by atoms with Crippen molar-refractivity contribution in [3.05, 3.63) is 70.3 Å². The quantitative estimate of drug-likeness (QED) is 0.843. The van der Waals surface area contributed by atoms with Crippen molar-refractivity contribution < 1.29 is 17.6 Å². The van der Waals surface area contributed by atoms with Gasteiger partial charge in [0.2, 0.25) is 0 Å². The monoisotopic (exact) mass is 283 g/mol. The van der Waals surface area contributed by atoms with E-state index in [1.54, 1.807) is 0 Å². The number of aryl methyl sites for hydroxylation is 1. The molecular weight excluding hydrogens is 270 g/mol. The number of benzene rings is 2. The topological polar surface area (TPSA) is 12.0 Å². The highest BCUT2D eigenvalue weighted by Crippen LogP contribution is 2.29. The molecule has 1 unspecified atom stereocenters. The van der Waals surface area contributed by atoms with Gasteiger partial charge in [-0.3, -0.25) is 0 Å². The molecule has 0 fully saturated rings. The first-order valence-electron chi connectivity index (χ1n) is 6.02. The summed E-state index contributed by atoms with van der Waals surface area (Å²) in [5, 5.41) is 2.66. The van der Waals surface area contributed by atoms with Crippen LogP contribution in [0.3, 0.4) is 0 Å². The van der Waals surface area contributed by atoms with Crippen molar-refractivity contribution in [2.24, 2.45) is 0 Å². The van der Waals surface area contributed by atoms with Crippen LogP contribution in [-0.4, -0.2) is 7.05 Å². The van der Waals surface area contributed by atoms with Crippen molar-refractivity contribution in [1.29, 1.82) is 0 Å². The zero-order valence-electron chi connectivity index (χ0n) is 11.0. The van der Waals surface area contributed by atoms with Crippen molar-refractivity contribution in [3.8, 4) is 0 Å². The summed E-state index contributed by atoms with van der Waals surface area (Å²) in [6.07, 6.45) is 0. The lowest BCUT2D eigenvalue weighted by Crippen LogP contribution is -2.22. The highest BCUT2D eigenvalue weighted by atomic mass is 19.1. The van der Waals surface area contributed by atoms with Gasteiger partial charge in [-0.25, -0.2) is 17.6 Å². The van der Waals surface area contributed by atoms with E-state index < -0.39 is 29.3 Å². The number of hydrogen-bond donors (Lipinski definition) is 1. The Morgan fingerprint density at radius 1 is 0.900 bits per heavy atom. The van der Waals surface area contributed by atoms with Gasteiger partial charge in [0.1, 0.15) is 23.3 Å². The van der Waals surface area contributed by atoms with E-state index in [0.717, 1.165) is 12.1 Å². The van der Waals surface area contributed by atoms with E-state index in [1.165, 1.54) is 26.1 Å². The second-order valence-corrected chi connectivity index (χ2v) is 4.48. The fourth-order valence-electron chi connectivity index (χ4n) is 2.14. The van der Waals surface area contributed by atoms with Gasteiger partial charge in [0.15, 0.2) is 0 Å². The molecule has 0 amide bonds. The minimum absolute atomic E-state index is 0.00426. The van der Waals surface area contributed by atoms with E-state index in [-0.39, 0.29) is 16.7 Å². The maximum Gasteiger partial charge on any atom is 0.131 e. The first-order chi connectivity index (χ1) is 9.45. The number of nitrogens with one attached hydrogen (secondary N) is 1. The average Bonchev–Trinajstić information content (AvgIpc) is 2.39. The van der Waals surface area contributed by atoms with Crippen LogP contribution in [-0.2, 0) is 0 Å². The molecule has 2 rings (SSSR count). The Labute approximate surface area is 114 Å². The lowest BCUT2D eigenvalue weighted by Gasteiger charge is -2.20. The van der Waals surface area contributed by atoms with E-state index in [9.17, 15) is 17.6 Å². The molecule has 2 aromatic rings. The zero-order valence-corrected chi connectivity index (χ0v) is 11.0. The third kappa shape index (κ3) is 2.54. The first-order valence-corrected chi connectivity index (χ1v) is 6.02. The molecule has 5 heteroatoms. The van der Waals surface area contributed by atoms with Crippen LogP contribution >= 0.6 is 0 Å². The lowest BCUT2D eigenvalue weighted by molar-refractivity contribution is 0.502. The second-order valence-electron chi connectivity index (χ2n) is 4.48. The second kappa shape index (κ2) is 5.63. The fraction of sp³-hybridized carbons (Fsp3) is 0.200. The van der Waals surface area contributed by atoms with E-state index in [4.69, 9.17) is 0 Å². The van der Waals surface area contributed by atoms with Gasteiger partial charge < -0.3 is 5.32 Å². The Bertz CT molecular complexity index is 620. The Kier molecular flexibility index (Phi) is 4.09. The molecule has 0 radical (unpaired) electrons. The summed E-state index contributed by atoms with van der Waals surface area (Å²) in [7, 11) is 1.45. The molecule has 20 heavy (non-hydrogen) atoms. The molecule has 2 aromatic carbocycles. The predicted molar refractivity (Wildman–Crippen MR) is 68.4 cm³/mol. The smallest absolute Gasteiger partial charge is 0.131 e. The predicted octanol–water partition coefficient (Wildman–Crippen LogP) is 3.86. The summed E-state index contributed by atoms with van der Waals surface area (Å²) in [4.78, 5) is 0. The van der Waals surface area contributed by atoms with Crippen LogP contribution in [0.5, 0.6) is 0 Å². The lowest BCUT2D eigenvalue weighted by atomic mass is 9.96. The van der Waals surface area contributed by atoms with Gasteiger partial charge in [0.25, 0.3) is 0 Å². The van der Waals surface area contributed by atoms with Crippen LogP contribution in [0.1, 0.15) is 22.7 Å². The van der Waals surface area contributed by atoms with Gasteiger partial charge in [-0.05, 0) is 37.7 Å². The zero-order chi connectivity index (χ0) is 14.9. The van der Waals surface area contributed by atoms with Crippen molar-refractivity contribution >= 4 is 0 Å². The highest BCUT2D eigenvalue weighted by Gasteiger charge is 2.24. The standard InChI is InChI=1S/C15H13F4N/c1-8-6-9(13(19)7-12(8)18)15(20-2)14-10(16)4-3-5-11(14)17/h3-7,15,20H,1-2H3. The Hall–Kier alpha value is -1.88. The molecule has 0 aliphatic rings. The fourth-order valence-corrected chi connectivity index (χ4v) is 2.14. The normalized spacial score (nSPS) is 12.5. The molecule has 0 aliphatic heterocycles. The van der Waals surface area contributed by atoms with Gasteiger partial charge in [0, 0.05) is 17.2 Å². The van der Waals surface area contributed by atoms with Crippen molar-refractivity contribution in [2.45, 2.75) is 13.0 Å². The maximum atomic E-state index is 13.9. The summed E-state index contributed by atoms with van der Waals surface area (Å²) >= 11 is 0. The van der Waals surface area contributed by atoms with Gasteiger partial charge >= 0.3 is 0 Å². The van der Waals surface area contributed by atoms with E-state index >= 15 is 0 Å². The largest absolute Gasteiger partial charge is 0.309 e. The summed E-state index contributed by atoms with van der Waals surface area (Å²) in [6, 6.07) is 4.35. The number of rotatable bonds is 3.